The second-order valence-electron chi connectivity index (χ2n) is 5.11. The van der Waals surface area contributed by atoms with E-state index < -0.39 is 22.5 Å². The number of methoxy groups -OCH3 is 1. The van der Waals surface area contributed by atoms with Crippen LogP contribution in [0.4, 0.5) is 11.4 Å². The minimum absolute atomic E-state index is 0.235. The summed E-state index contributed by atoms with van der Waals surface area (Å²) in [5.41, 5.74) is 0.572. The van der Waals surface area contributed by atoms with Gasteiger partial charge in [0.2, 0.25) is 15.9 Å². The van der Waals surface area contributed by atoms with Gasteiger partial charge in [0.05, 0.1) is 34.8 Å². The summed E-state index contributed by atoms with van der Waals surface area (Å²) in [6.07, 6.45) is 1.02. The fraction of sp³-hybridized carbons (Fsp3) is 0.188. The molecule has 0 aliphatic rings. The molecule has 0 heterocycles. The van der Waals surface area contributed by atoms with Gasteiger partial charge in [-0.15, -0.1) is 0 Å². The molecule has 0 radical (unpaired) electrons. The number of carbonyl (C=O) groups is 1. The van der Waals surface area contributed by atoms with Crippen LogP contribution in [0.3, 0.4) is 0 Å². The van der Waals surface area contributed by atoms with Gasteiger partial charge in [-0.05, 0) is 36.4 Å². The number of benzene rings is 2. The van der Waals surface area contributed by atoms with Gasteiger partial charge >= 0.3 is 0 Å². The summed E-state index contributed by atoms with van der Waals surface area (Å²) in [6, 6.07) is 11.1. The molecule has 2 aromatic carbocycles. The molecule has 0 aliphatic heterocycles. The number of carbonyl (C=O) groups excluding carboxylic acids is 1. The number of nitrogens with one attached hydrogen (secondary N) is 1. The molecular weight excluding hydrogens is 387 g/mol. The molecule has 0 saturated heterocycles. The van der Waals surface area contributed by atoms with Gasteiger partial charge in [0.1, 0.15) is 12.3 Å². The summed E-state index contributed by atoms with van der Waals surface area (Å²) < 4.78 is 30.2. The van der Waals surface area contributed by atoms with Crippen molar-refractivity contribution in [2.45, 2.75) is 0 Å². The molecule has 1 amide bonds. The highest BCUT2D eigenvalue weighted by Gasteiger charge is 2.22. The first kappa shape index (κ1) is 19.4. The Morgan fingerprint density at radius 2 is 1.68 bits per heavy atom. The highest BCUT2D eigenvalue weighted by atomic mass is 35.5. The number of para-hydroxylation sites is 1. The van der Waals surface area contributed by atoms with E-state index in [2.05, 4.69) is 5.32 Å². The number of rotatable bonds is 6. The standard InChI is InChI=1S/C16H16Cl2N2O4S/c1-24-12-8-6-11(7-9-12)20(25(2,22)23)10-15(21)19-16-13(17)4-3-5-14(16)18/h3-9H,10H2,1-2H3,(H,19,21). The largest absolute Gasteiger partial charge is 0.497 e. The maximum atomic E-state index is 12.3. The molecule has 1 N–H and O–H groups in total. The summed E-state index contributed by atoms with van der Waals surface area (Å²) in [6.45, 7) is -0.424. The van der Waals surface area contributed by atoms with Crippen LogP contribution in [-0.2, 0) is 14.8 Å². The molecule has 2 aromatic rings. The fourth-order valence-electron chi connectivity index (χ4n) is 2.08. The summed E-state index contributed by atoms with van der Waals surface area (Å²) in [4.78, 5) is 12.3. The van der Waals surface area contributed by atoms with Crippen LogP contribution in [0.5, 0.6) is 5.75 Å². The van der Waals surface area contributed by atoms with Crippen LogP contribution in [0.25, 0.3) is 0 Å². The third-order valence-corrected chi connectivity index (χ3v) is 5.05. The first-order chi connectivity index (χ1) is 11.7. The van der Waals surface area contributed by atoms with Gasteiger partial charge in [-0.1, -0.05) is 29.3 Å². The molecule has 2 rings (SSSR count). The van der Waals surface area contributed by atoms with Crippen molar-refractivity contribution in [1.82, 2.24) is 0 Å². The van der Waals surface area contributed by atoms with E-state index in [1.165, 1.54) is 7.11 Å². The highest BCUT2D eigenvalue weighted by molar-refractivity contribution is 7.92. The van der Waals surface area contributed by atoms with Gasteiger partial charge in [-0.3, -0.25) is 9.10 Å². The Balaban J connectivity index is 2.24. The van der Waals surface area contributed by atoms with E-state index >= 15 is 0 Å². The minimum atomic E-state index is -3.68. The van der Waals surface area contributed by atoms with E-state index in [0.717, 1.165) is 10.6 Å². The predicted octanol–water partition coefficient (Wildman–Crippen LogP) is 3.41. The number of halogens is 2. The van der Waals surface area contributed by atoms with Gasteiger partial charge in [-0.25, -0.2) is 8.42 Å². The Labute approximate surface area is 156 Å². The molecule has 0 aromatic heterocycles. The van der Waals surface area contributed by atoms with Crippen LogP contribution in [0, 0.1) is 0 Å². The Morgan fingerprint density at radius 3 is 2.16 bits per heavy atom. The zero-order valence-electron chi connectivity index (χ0n) is 13.5. The average molecular weight is 403 g/mol. The van der Waals surface area contributed by atoms with E-state index in [1.807, 2.05) is 0 Å². The molecule has 0 atom stereocenters. The van der Waals surface area contributed by atoms with Gasteiger partial charge in [0, 0.05) is 0 Å². The second kappa shape index (κ2) is 7.95. The summed E-state index contributed by atoms with van der Waals surface area (Å²) in [5.74, 6) is 0.000690. The van der Waals surface area contributed by atoms with Crippen molar-refractivity contribution in [3.05, 3.63) is 52.5 Å². The van der Waals surface area contributed by atoms with Crippen LogP contribution in [0.15, 0.2) is 42.5 Å². The van der Waals surface area contributed by atoms with E-state index in [9.17, 15) is 13.2 Å². The number of ether oxygens (including phenoxy) is 1. The third-order valence-electron chi connectivity index (χ3n) is 3.28. The lowest BCUT2D eigenvalue weighted by Crippen LogP contribution is -2.37. The molecule has 0 unspecified atom stereocenters. The molecule has 0 bridgehead atoms. The average Bonchev–Trinajstić information content (AvgIpc) is 2.55. The summed E-state index contributed by atoms with van der Waals surface area (Å²) in [7, 11) is -2.18. The van der Waals surface area contributed by atoms with E-state index in [1.54, 1.807) is 42.5 Å². The molecule has 0 aliphatic carbocycles. The molecule has 0 fully saturated rings. The van der Waals surface area contributed by atoms with E-state index in [-0.39, 0.29) is 15.7 Å². The Kier molecular flexibility index (Phi) is 6.16. The zero-order valence-corrected chi connectivity index (χ0v) is 15.8. The molecule has 0 saturated carbocycles. The number of anilines is 2. The second-order valence-corrected chi connectivity index (χ2v) is 7.83. The molecule has 134 valence electrons. The van der Waals surface area contributed by atoms with Crippen LogP contribution >= 0.6 is 23.2 Å². The lowest BCUT2D eigenvalue weighted by atomic mass is 10.3. The van der Waals surface area contributed by atoms with Crippen molar-refractivity contribution >= 4 is 50.5 Å². The fourth-order valence-corrected chi connectivity index (χ4v) is 3.42. The van der Waals surface area contributed by atoms with E-state index in [4.69, 9.17) is 27.9 Å². The number of hydrogen-bond donors (Lipinski definition) is 1. The minimum Gasteiger partial charge on any atom is -0.497 e. The van der Waals surface area contributed by atoms with Gasteiger partial charge in [-0.2, -0.15) is 0 Å². The molecule has 9 heteroatoms. The van der Waals surface area contributed by atoms with Crippen LogP contribution in [-0.4, -0.2) is 34.2 Å². The van der Waals surface area contributed by atoms with Crippen LogP contribution in [0.1, 0.15) is 0 Å². The first-order valence-electron chi connectivity index (χ1n) is 7.08. The number of nitrogens with zero attached hydrogens (tertiary/aromatic N) is 1. The molecular formula is C16H16Cl2N2O4S. The van der Waals surface area contributed by atoms with Crippen molar-refractivity contribution in [1.29, 1.82) is 0 Å². The quantitative estimate of drug-likeness (QED) is 0.802. The predicted molar refractivity (Wildman–Crippen MR) is 100 cm³/mol. The smallest absolute Gasteiger partial charge is 0.245 e. The maximum Gasteiger partial charge on any atom is 0.245 e. The normalized spacial score (nSPS) is 11.0. The zero-order chi connectivity index (χ0) is 18.6. The van der Waals surface area contributed by atoms with Crippen molar-refractivity contribution in [3.63, 3.8) is 0 Å². The van der Waals surface area contributed by atoms with Gasteiger partial charge in [0.15, 0.2) is 0 Å². The highest BCUT2D eigenvalue weighted by Crippen LogP contribution is 2.30. The Morgan fingerprint density at radius 1 is 1.12 bits per heavy atom. The monoisotopic (exact) mass is 402 g/mol. The Bertz CT molecular complexity index is 850. The van der Waals surface area contributed by atoms with Crippen molar-refractivity contribution in [2.75, 3.05) is 29.5 Å². The number of amides is 1. The maximum absolute atomic E-state index is 12.3. The molecule has 25 heavy (non-hydrogen) atoms. The SMILES string of the molecule is COc1ccc(N(CC(=O)Nc2c(Cl)cccc2Cl)S(C)(=O)=O)cc1. The van der Waals surface area contributed by atoms with Crippen LogP contribution in [0.2, 0.25) is 10.0 Å². The van der Waals surface area contributed by atoms with Crippen molar-refractivity contribution in [2.24, 2.45) is 0 Å². The molecule has 0 spiro atoms. The first-order valence-corrected chi connectivity index (χ1v) is 9.68. The number of sulfonamides is 1. The van der Waals surface area contributed by atoms with Crippen LogP contribution < -0.4 is 14.4 Å². The topological polar surface area (TPSA) is 75.7 Å². The van der Waals surface area contributed by atoms with Crippen molar-refractivity contribution < 1.29 is 17.9 Å². The lowest BCUT2D eigenvalue weighted by molar-refractivity contribution is -0.114. The Hall–Kier alpha value is -1.96. The van der Waals surface area contributed by atoms with Gasteiger partial charge in [0.25, 0.3) is 0 Å². The summed E-state index contributed by atoms with van der Waals surface area (Å²) in [5, 5.41) is 3.06. The number of hydrogen-bond acceptors (Lipinski definition) is 4. The van der Waals surface area contributed by atoms with Crippen molar-refractivity contribution in [3.8, 4) is 5.75 Å². The molecule has 6 nitrogen and oxygen atoms in total. The summed E-state index contributed by atoms with van der Waals surface area (Å²) >= 11 is 12.0. The third kappa shape index (κ3) is 5.01. The van der Waals surface area contributed by atoms with Gasteiger partial charge < -0.3 is 10.1 Å². The van der Waals surface area contributed by atoms with E-state index in [0.29, 0.717) is 11.4 Å². The lowest BCUT2D eigenvalue weighted by Gasteiger charge is -2.22.